The zero-order valence-electron chi connectivity index (χ0n) is 9.70. The standard InChI is InChI=1S/C11H14ClNO3/c1-11(2,3)16-10(14)7-5-8(15-4)9(12)13-6-7/h5-6H,1-4H3. The zero-order valence-corrected chi connectivity index (χ0v) is 10.5. The summed E-state index contributed by atoms with van der Waals surface area (Å²) in [6.45, 7) is 5.39. The van der Waals surface area contributed by atoms with Gasteiger partial charge in [0.25, 0.3) is 0 Å². The molecule has 1 aromatic rings. The zero-order chi connectivity index (χ0) is 12.3. The van der Waals surface area contributed by atoms with Crippen LogP contribution in [-0.2, 0) is 4.74 Å². The third kappa shape index (κ3) is 3.38. The molecule has 0 spiro atoms. The quantitative estimate of drug-likeness (QED) is 0.592. The van der Waals surface area contributed by atoms with Crippen molar-refractivity contribution in [2.75, 3.05) is 7.11 Å². The number of nitrogens with zero attached hydrogens (tertiary/aromatic N) is 1. The monoisotopic (exact) mass is 243 g/mol. The summed E-state index contributed by atoms with van der Waals surface area (Å²) >= 11 is 5.75. The second-order valence-corrected chi connectivity index (χ2v) is 4.58. The number of esters is 1. The number of carbonyl (C=O) groups excluding carboxylic acids is 1. The van der Waals surface area contributed by atoms with Crippen molar-refractivity contribution in [2.45, 2.75) is 26.4 Å². The van der Waals surface area contributed by atoms with Crippen LogP contribution in [0.4, 0.5) is 0 Å². The van der Waals surface area contributed by atoms with E-state index in [-0.39, 0.29) is 5.15 Å². The Kier molecular flexibility index (Phi) is 3.75. The molecular weight excluding hydrogens is 230 g/mol. The maximum absolute atomic E-state index is 11.7. The number of pyridine rings is 1. The Hall–Kier alpha value is -1.29. The van der Waals surface area contributed by atoms with Crippen molar-refractivity contribution >= 4 is 17.6 Å². The van der Waals surface area contributed by atoms with Gasteiger partial charge < -0.3 is 9.47 Å². The highest BCUT2D eigenvalue weighted by molar-refractivity contribution is 6.30. The first kappa shape index (κ1) is 12.8. The molecule has 0 N–H and O–H groups in total. The number of ether oxygens (including phenoxy) is 2. The van der Waals surface area contributed by atoms with E-state index in [9.17, 15) is 4.79 Å². The smallest absolute Gasteiger partial charge is 0.340 e. The molecule has 0 aliphatic heterocycles. The van der Waals surface area contributed by atoms with Crippen LogP contribution in [-0.4, -0.2) is 23.7 Å². The molecule has 1 aromatic heterocycles. The van der Waals surface area contributed by atoms with Crippen molar-refractivity contribution < 1.29 is 14.3 Å². The number of methoxy groups -OCH3 is 1. The minimum absolute atomic E-state index is 0.217. The normalized spacial score (nSPS) is 11.1. The summed E-state index contributed by atoms with van der Waals surface area (Å²) in [6, 6.07) is 1.50. The van der Waals surface area contributed by atoms with Gasteiger partial charge in [-0.1, -0.05) is 11.6 Å². The molecule has 0 saturated heterocycles. The fraction of sp³-hybridized carbons (Fsp3) is 0.455. The molecule has 1 heterocycles. The predicted molar refractivity (Wildman–Crippen MR) is 61.0 cm³/mol. The third-order valence-electron chi connectivity index (χ3n) is 1.66. The van der Waals surface area contributed by atoms with E-state index in [1.54, 1.807) is 20.8 Å². The lowest BCUT2D eigenvalue weighted by Crippen LogP contribution is -2.24. The number of aromatic nitrogens is 1. The first-order valence-electron chi connectivity index (χ1n) is 4.76. The third-order valence-corrected chi connectivity index (χ3v) is 1.95. The van der Waals surface area contributed by atoms with Crippen LogP contribution >= 0.6 is 11.6 Å². The van der Waals surface area contributed by atoms with Gasteiger partial charge in [-0.15, -0.1) is 0 Å². The number of hydrogen-bond acceptors (Lipinski definition) is 4. The van der Waals surface area contributed by atoms with E-state index in [0.717, 1.165) is 0 Å². The van der Waals surface area contributed by atoms with Crippen LogP contribution in [0, 0.1) is 0 Å². The number of hydrogen-bond donors (Lipinski definition) is 0. The van der Waals surface area contributed by atoms with Gasteiger partial charge in [-0.3, -0.25) is 0 Å². The van der Waals surface area contributed by atoms with Crippen molar-refractivity contribution in [3.8, 4) is 5.75 Å². The van der Waals surface area contributed by atoms with E-state index in [2.05, 4.69) is 4.98 Å². The van der Waals surface area contributed by atoms with Crippen molar-refractivity contribution in [3.05, 3.63) is 23.0 Å². The van der Waals surface area contributed by atoms with Crippen molar-refractivity contribution in [3.63, 3.8) is 0 Å². The lowest BCUT2D eigenvalue weighted by Gasteiger charge is -2.19. The number of halogens is 1. The maximum Gasteiger partial charge on any atom is 0.340 e. The van der Waals surface area contributed by atoms with Gasteiger partial charge in [0.15, 0.2) is 10.9 Å². The molecule has 0 radical (unpaired) electrons. The molecule has 0 saturated carbocycles. The largest absolute Gasteiger partial charge is 0.493 e. The fourth-order valence-electron chi connectivity index (χ4n) is 1.02. The van der Waals surface area contributed by atoms with Gasteiger partial charge >= 0.3 is 5.97 Å². The van der Waals surface area contributed by atoms with Crippen molar-refractivity contribution in [2.24, 2.45) is 0 Å². The first-order valence-corrected chi connectivity index (χ1v) is 5.14. The molecule has 0 bridgehead atoms. The summed E-state index contributed by atoms with van der Waals surface area (Å²) in [5.74, 6) is -0.0972. The van der Waals surface area contributed by atoms with Crippen LogP contribution < -0.4 is 4.74 Å². The Morgan fingerprint density at radius 2 is 2.06 bits per heavy atom. The molecule has 0 atom stereocenters. The lowest BCUT2D eigenvalue weighted by molar-refractivity contribution is 0.00687. The lowest BCUT2D eigenvalue weighted by atomic mass is 10.2. The molecule has 0 fully saturated rings. The van der Waals surface area contributed by atoms with Gasteiger partial charge in [0.05, 0.1) is 12.7 Å². The van der Waals surface area contributed by atoms with Gasteiger partial charge in [0.2, 0.25) is 0 Å². The molecule has 16 heavy (non-hydrogen) atoms. The molecule has 4 nitrogen and oxygen atoms in total. The minimum atomic E-state index is -0.538. The molecule has 88 valence electrons. The Morgan fingerprint density at radius 3 is 2.56 bits per heavy atom. The van der Waals surface area contributed by atoms with Gasteiger partial charge in [-0.05, 0) is 26.8 Å². The predicted octanol–water partition coefficient (Wildman–Crippen LogP) is 2.70. The van der Waals surface area contributed by atoms with E-state index >= 15 is 0 Å². The van der Waals surface area contributed by atoms with Gasteiger partial charge in [0, 0.05) is 6.20 Å². The average molecular weight is 244 g/mol. The molecule has 0 aliphatic rings. The maximum atomic E-state index is 11.7. The van der Waals surface area contributed by atoms with Crippen LogP contribution in [0.5, 0.6) is 5.75 Å². The Balaban J connectivity index is 2.93. The minimum Gasteiger partial charge on any atom is -0.493 e. The topological polar surface area (TPSA) is 48.4 Å². The Morgan fingerprint density at radius 1 is 1.44 bits per heavy atom. The van der Waals surface area contributed by atoms with E-state index < -0.39 is 11.6 Å². The summed E-state index contributed by atoms with van der Waals surface area (Å²) in [6.07, 6.45) is 1.36. The molecule has 0 amide bonds. The summed E-state index contributed by atoms with van der Waals surface area (Å²) in [5, 5.41) is 0.217. The van der Waals surface area contributed by atoms with Crippen LogP contribution in [0.1, 0.15) is 31.1 Å². The number of rotatable bonds is 2. The summed E-state index contributed by atoms with van der Waals surface area (Å²) in [7, 11) is 1.46. The van der Waals surface area contributed by atoms with Gasteiger partial charge in [-0.2, -0.15) is 0 Å². The Labute approximate surface area is 99.5 Å². The van der Waals surface area contributed by atoms with E-state index in [1.807, 2.05) is 0 Å². The van der Waals surface area contributed by atoms with E-state index in [4.69, 9.17) is 21.1 Å². The highest BCUT2D eigenvalue weighted by Gasteiger charge is 2.19. The molecule has 0 aromatic carbocycles. The van der Waals surface area contributed by atoms with Crippen molar-refractivity contribution in [1.29, 1.82) is 0 Å². The highest BCUT2D eigenvalue weighted by Crippen LogP contribution is 2.23. The SMILES string of the molecule is COc1cc(C(=O)OC(C)(C)C)cnc1Cl. The van der Waals surface area contributed by atoms with E-state index in [1.165, 1.54) is 19.4 Å². The second-order valence-electron chi connectivity index (χ2n) is 4.22. The van der Waals surface area contributed by atoms with Crippen LogP contribution in [0.15, 0.2) is 12.3 Å². The van der Waals surface area contributed by atoms with Crippen LogP contribution in [0.2, 0.25) is 5.15 Å². The number of carbonyl (C=O) groups is 1. The summed E-state index contributed by atoms with van der Waals surface area (Å²) in [4.78, 5) is 15.5. The van der Waals surface area contributed by atoms with Crippen molar-refractivity contribution in [1.82, 2.24) is 4.98 Å². The van der Waals surface area contributed by atoms with E-state index in [0.29, 0.717) is 11.3 Å². The molecule has 1 rings (SSSR count). The molecular formula is C11H14ClNO3. The fourth-order valence-corrected chi connectivity index (χ4v) is 1.20. The van der Waals surface area contributed by atoms with Gasteiger partial charge in [-0.25, -0.2) is 9.78 Å². The second kappa shape index (κ2) is 4.70. The average Bonchev–Trinajstić information content (AvgIpc) is 2.15. The molecule has 5 heteroatoms. The molecule has 0 aliphatic carbocycles. The van der Waals surface area contributed by atoms with Gasteiger partial charge in [0.1, 0.15) is 5.60 Å². The first-order chi connectivity index (χ1) is 7.33. The summed E-state index contributed by atoms with van der Waals surface area (Å²) in [5.41, 5.74) is -0.222. The Bertz CT molecular complexity index is 399. The van der Waals surface area contributed by atoms with Crippen LogP contribution in [0.25, 0.3) is 0 Å². The van der Waals surface area contributed by atoms with Crippen LogP contribution in [0.3, 0.4) is 0 Å². The summed E-state index contributed by atoms with van der Waals surface area (Å²) < 4.78 is 10.1. The highest BCUT2D eigenvalue weighted by atomic mass is 35.5. The molecule has 0 unspecified atom stereocenters.